The molecular weight excluding hydrogens is 364 g/mol. The van der Waals surface area contributed by atoms with Crippen LogP contribution in [0.2, 0.25) is 0 Å². The molecule has 0 saturated carbocycles. The van der Waals surface area contributed by atoms with Gasteiger partial charge in [-0.1, -0.05) is 12.1 Å². The lowest BCUT2D eigenvalue weighted by atomic mass is 10.1. The van der Waals surface area contributed by atoms with Crippen molar-refractivity contribution in [3.8, 4) is 5.75 Å². The Balaban J connectivity index is 1.92. The van der Waals surface area contributed by atoms with E-state index < -0.39 is 28.2 Å². The van der Waals surface area contributed by atoms with Gasteiger partial charge in [0.1, 0.15) is 6.54 Å². The quantitative estimate of drug-likeness (QED) is 0.640. The summed E-state index contributed by atoms with van der Waals surface area (Å²) in [5.41, 5.74) is 1.26. The highest BCUT2D eigenvalue weighted by Gasteiger charge is 2.45. The summed E-state index contributed by atoms with van der Waals surface area (Å²) in [6, 6.07) is 8.21. The van der Waals surface area contributed by atoms with Gasteiger partial charge in [-0.2, -0.15) is 0 Å². The highest BCUT2D eigenvalue weighted by Crippen LogP contribution is 2.37. The van der Waals surface area contributed by atoms with E-state index in [2.05, 4.69) is 10.3 Å². The van der Waals surface area contributed by atoms with Crippen LogP contribution in [0.3, 0.4) is 0 Å². The van der Waals surface area contributed by atoms with Gasteiger partial charge in [0.15, 0.2) is 11.4 Å². The lowest BCUT2D eigenvalue weighted by Crippen LogP contribution is -2.54. The number of ether oxygens (including phenoxy) is 1. The number of nitrogens with zero attached hydrogens (tertiary/aromatic N) is 3. The first kappa shape index (κ1) is 19.3. The molecule has 0 unspecified atom stereocenters. The number of fused-ring (bicyclic) bond motifs is 1. The minimum Gasteiger partial charge on any atom is -0.472 e. The standard InChI is InChI=1S/C19H20N4O5/c1-11-5-6-12(2)13(9-11)20-16(24)10-22-17-14(28-19(3,4)18(22)25)7-8-15(21-17)23(26)27/h5-9H,10H2,1-4H3,(H,20,24). The van der Waals surface area contributed by atoms with Gasteiger partial charge in [0.25, 0.3) is 11.7 Å². The molecule has 2 amide bonds. The first-order valence-corrected chi connectivity index (χ1v) is 8.62. The number of carbonyl (C=O) groups excluding carboxylic acids is 2. The Labute approximate surface area is 161 Å². The SMILES string of the molecule is Cc1ccc(C)c(NC(=O)CN2C(=O)C(C)(C)Oc3ccc([N+](=O)[O-])nc32)c1. The van der Waals surface area contributed by atoms with Crippen molar-refractivity contribution in [2.24, 2.45) is 0 Å². The van der Waals surface area contributed by atoms with Crippen molar-refractivity contribution in [3.05, 3.63) is 51.6 Å². The highest BCUT2D eigenvalue weighted by molar-refractivity contribution is 6.07. The molecule has 1 N–H and O–H groups in total. The maximum absolute atomic E-state index is 12.8. The number of benzene rings is 1. The number of aromatic nitrogens is 1. The molecule has 2 aromatic rings. The lowest BCUT2D eigenvalue weighted by molar-refractivity contribution is -0.389. The molecule has 1 aliphatic rings. The molecule has 28 heavy (non-hydrogen) atoms. The van der Waals surface area contributed by atoms with Crippen molar-refractivity contribution in [2.75, 3.05) is 16.8 Å². The summed E-state index contributed by atoms with van der Waals surface area (Å²) in [6.07, 6.45) is 0. The summed E-state index contributed by atoms with van der Waals surface area (Å²) in [5, 5.41) is 13.8. The minimum absolute atomic E-state index is 0.0466. The van der Waals surface area contributed by atoms with Crippen molar-refractivity contribution in [2.45, 2.75) is 33.3 Å². The number of anilines is 2. The predicted octanol–water partition coefficient (Wildman–Crippen LogP) is 2.75. The summed E-state index contributed by atoms with van der Waals surface area (Å²) in [4.78, 5) is 40.8. The molecule has 0 aliphatic carbocycles. The molecule has 1 aliphatic heterocycles. The summed E-state index contributed by atoms with van der Waals surface area (Å²) in [5.74, 6) is -1.23. The van der Waals surface area contributed by atoms with Crippen molar-refractivity contribution < 1.29 is 19.2 Å². The van der Waals surface area contributed by atoms with Gasteiger partial charge in [-0.15, -0.1) is 0 Å². The average molecular weight is 384 g/mol. The molecular formula is C19H20N4O5. The molecule has 3 rings (SSSR count). The van der Waals surface area contributed by atoms with E-state index in [1.54, 1.807) is 13.8 Å². The Kier molecular flexibility index (Phi) is 4.76. The van der Waals surface area contributed by atoms with Crippen molar-refractivity contribution in [1.82, 2.24) is 4.98 Å². The Morgan fingerprint density at radius 2 is 2.00 bits per heavy atom. The number of carbonyl (C=O) groups is 2. The molecule has 0 radical (unpaired) electrons. The number of rotatable bonds is 4. The molecule has 9 nitrogen and oxygen atoms in total. The van der Waals surface area contributed by atoms with Gasteiger partial charge in [-0.25, -0.2) is 0 Å². The second kappa shape index (κ2) is 6.91. The molecule has 1 aromatic heterocycles. The number of nitrogens with one attached hydrogen (secondary N) is 1. The van der Waals surface area contributed by atoms with Crippen LogP contribution in [0.15, 0.2) is 30.3 Å². The number of nitro groups is 1. The van der Waals surface area contributed by atoms with Gasteiger partial charge in [0.2, 0.25) is 5.91 Å². The van der Waals surface area contributed by atoms with Gasteiger partial charge in [-0.05, 0) is 60.9 Å². The van der Waals surface area contributed by atoms with Crippen LogP contribution >= 0.6 is 0 Å². The third kappa shape index (κ3) is 3.64. The zero-order chi connectivity index (χ0) is 20.6. The van der Waals surface area contributed by atoms with Crippen molar-refractivity contribution in [1.29, 1.82) is 0 Å². The van der Waals surface area contributed by atoms with E-state index in [-0.39, 0.29) is 18.1 Å². The van der Waals surface area contributed by atoms with Crippen LogP contribution in [0.4, 0.5) is 17.3 Å². The first-order valence-electron chi connectivity index (χ1n) is 8.62. The third-order valence-corrected chi connectivity index (χ3v) is 4.36. The maximum Gasteiger partial charge on any atom is 0.366 e. The summed E-state index contributed by atoms with van der Waals surface area (Å²) >= 11 is 0. The second-order valence-corrected chi connectivity index (χ2v) is 7.12. The van der Waals surface area contributed by atoms with Crippen LogP contribution in [0, 0.1) is 24.0 Å². The fourth-order valence-corrected chi connectivity index (χ4v) is 2.89. The number of amides is 2. The van der Waals surface area contributed by atoms with Crippen molar-refractivity contribution in [3.63, 3.8) is 0 Å². The topological polar surface area (TPSA) is 115 Å². The molecule has 0 saturated heterocycles. The molecule has 0 atom stereocenters. The van der Waals surface area contributed by atoms with E-state index in [1.807, 2.05) is 32.0 Å². The summed E-state index contributed by atoms with van der Waals surface area (Å²) < 4.78 is 5.62. The van der Waals surface area contributed by atoms with Gasteiger partial charge >= 0.3 is 5.82 Å². The van der Waals surface area contributed by atoms with Crippen LogP contribution in [0.25, 0.3) is 0 Å². The number of hydrogen-bond acceptors (Lipinski definition) is 6. The van der Waals surface area contributed by atoms with Crippen LogP contribution in [0.5, 0.6) is 5.75 Å². The Morgan fingerprint density at radius 3 is 2.68 bits per heavy atom. The molecule has 0 spiro atoms. The Hall–Kier alpha value is -3.49. The first-order chi connectivity index (χ1) is 13.1. The smallest absolute Gasteiger partial charge is 0.366 e. The van der Waals surface area contributed by atoms with Crippen LogP contribution in [0.1, 0.15) is 25.0 Å². The van der Waals surface area contributed by atoms with E-state index in [4.69, 9.17) is 4.74 Å². The monoisotopic (exact) mass is 384 g/mol. The minimum atomic E-state index is -1.23. The van der Waals surface area contributed by atoms with E-state index in [0.717, 1.165) is 16.0 Å². The number of pyridine rings is 1. The average Bonchev–Trinajstić information content (AvgIpc) is 2.61. The van der Waals surface area contributed by atoms with Crippen molar-refractivity contribution >= 4 is 29.1 Å². The molecule has 2 heterocycles. The second-order valence-electron chi connectivity index (χ2n) is 7.12. The molecule has 0 bridgehead atoms. The lowest BCUT2D eigenvalue weighted by Gasteiger charge is -2.35. The zero-order valence-electron chi connectivity index (χ0n) is 16.0. The van der Waals surface area contributed by atoms with Gasteiger partial charge in [0, 0.05) is 11.8 Å². The number of hydrogen-bond donors (Lipinski definition) is 1. The van der Waals surface area contributed by atoms with E-state index in [1.165, 1.54) is 12.1 Å². The molecule has 146 valence electrons. The van der Waals surface area contributed by atoms with Gasteiger partial charge in [-0.3, -0.25) is 14.5 Å². The number of aryl methyl sites for hydroxylation is 2. The van der Waals surface area contributed by atoms with Crippen LogP contribution in [-0.4, -0.2) is 33.9 Å². The molecule has 9 heteroatoms. The van der Waals surface area contributed by atoms with Gasteiger partial charge < -0.3 is 20.2 Å². The Bertz CT molecular complexity index is 986. The maximum atomic E-state index is 12.8. The van der Waals surface area contributed by atoms with Crippen LogP contribution < -0.4 is 15.0 Å². The third-order valence-electron chi connectivity index (χ3n) is 4.36. The zero-order valence-corrected chi connectivity index (χ0v) is 16.0. The normalized spacial score (nSPS) is 14.9. The fraction of sp³-hybridized carbons (Fsp3) is 0.316. The predicted molar refractivity (Wildman–Crippen MR) is 102 cm³/mol. The fourth-order valence-electron chi connectivity index (χ4n) is 2.89. The van der Waals surface area contributed by atoms with E-state index >= 15 is 0 Å². The molecule has 0 fully saturated rings. The van der Waals surface area contributed by atoms with E-state index in [0.29, 0.717) is 5.69 Å². The van der Waals surface area contributed by atoms with E-state index in [9.17, 15) is 19.7 Å². The summed E-state index contributed by atoms with van der Waals surface area (Å²) in [7, 11) is 0. The molecule has 1 aromatic carbocycles. The highest BCUT2D eigenvalue weighted by atomic mass is 16.6. The largest absolute Gasteiger partial charge is 0.472 e. The Morgan fingerprint density at radius 1 is 1.29 bits per heavy atom. The summed E-state index contributed by atoms with van der Waals surface area (Å²) in [6.45, 7) is 6.55. The van der Waals surface area contributed by atoms with Gasteiger partial charge in [0.05, 0.1) is 0 Å². The van der Waals surface area contributed by atoms with Crippen LogP contribution in [-0.2, 0) is 9.59 Å².